The van der Waals surface area contributed by atoms with Gasteiger partial charge < -0.3 is 10.1 Å². The molecule has 0 aliphatic carbocycles. The predicted molar refractivity (Wildman–Crippen MR) is 91.3 cm³/mol. The van der Waals surface area contributed by atoms with Gasteiger partial charge >= 0.3 is 0 Å². The molecular weight excluding hydrogens is 320 g/mol. The van der Waals surface area contributed by atoms with E-state index in [1.807, 2.05) is 18.2 Å². The Morgan fingerprint density at radius 2 is 1.86 bits per heavy atom. The lowest BCUT2D eigenvalue weighted by atomic mass is 10.2. The number of rotatable bonds is 4. The molecule has 2 rings (SSSR count). The van der Waals surface area contributed by atoms with Crippen molar-refractivity contribution in [1.29, 1.82) is 0 Å². The monoisotopic (exact) mass is 334 g/mol. The van der Waals surface area contributed by atoms with Crippen molar-refractivity contribution in [2.75, 3.05) is 7.11 Å². The van der Waals surface area contributed by atoms with Gasteiger partial charge in [-0.2, -0.15) is 0 Å². The molecule has 0 aliphatic rings. The Balaban J connectivity index is 1.88. The summed E-state index contributed by atoms with van der Waals surface area (Å²) in [6.07, 6.45) is 0. The SMILES string of the molecule is COc1ccc(C(=O)NC(=S)NCc2ccccc2Cl)cc1. The molecule has 0 saturated heterocycles. The molecule has 2 aromatic rings. The Kier molecular flexibility index (Phi) is 5.75. The third kappa shape index (κ3) is 4.44. The van der Waals surface area contributed by atoms with Crippen LogP contribution in [0.1, 0.15) is 15.9 Å². The molecule has 0 bridgehead atoms. The van der Waals surface area contributed by atoms with Crippen LogP contribution in [0.3, 0.4) is 0 Å². The Labute approximate surface area is 139 Å². The lowest BCUT2D eigenvalue weighted by molar-refractivity contribution is 0.0976. The fourth-order valence-corrected chi connectivity index (χ4v) is 2.15. The zero-order chi connectivity index (χ0) is 15.9. The molecule has 0 spiro atoms. The zero-order valence-electron chi connectivity index (χ0n) is 11.9. The van der Waals surface area contributed by atoms with Crippen LogP contribution in [0.4, 0.5) is 0 Å². The highest BCUT2D eigenvalue weighted by Crippen LogP contribution is 2.14. The van der Waals surface area contributed by atoms with Gasteiger partial charge in [-0.3, -0.25) is 10.1 Å². The first-order chi connectivity index (χ1) is 10.6. The van der Waals surface area contributed by atoms with Crippen LogP contribution < -0.4 is 15.4 Å². The lowest BCUT2D eigenvalue weighted by Gasteiger charge is -2.10. The summed E-state index contributed by atoms with van der Waals surface area (Å²) in [6.45, 7) is 0.446. The van der Waals surface area contributed by atoms with Gasteiger partial charge in [0, 0.05) is 17.1 Å². The number of carbonyl (C=O) groups excluding carboxylic acids is 1. The van der Waals surface area contributed by atoms with Gasteiger partial charge in [0.05, 0.1) is 7.11 Å². The van der Waals surface area contributed by atoms with Crippen molar-refractivity contribution in [2.45, 2.75) is 6.54 Å². The molecule has 0 unspecified atom stereocenters. The topological polar surface area (TPSA) is 50.4 Å². The molecule has 2 N–H and O–H groups in total. The van der Waals surface area contributed by atoms with Gasteiger partial charge in [-0.15, -0.1) is 0 Å². The minimum atomic E-state index is -0.278. The minimum absolute atomic E-state index is 0.251. The number of methoxy groups -OCH3 is 1. The van der Waals surface area contributed by atoms with Crippen molar-refractivity contribution in [2.24, 2.45) is 0 Å². The highest BCUT2D eigenvalue weighted by Gasteiger charge is 2.08. The normalized spacial score (nSPS) is 9.91. The van der Waals surface area contributed by atoms with Crippen LogP contribution in [0.5, 0.6) is 5.75 Å². The van der Waals surface area contributed by atoms with E-state index in [1.165, 1.54) is 0 Å². The summed E-state index contributed by atoms with van der Waals surface area (Å²) in [5.41, 5.74) is 1.41. The van der Waals surface area contributed by atoms with E-state index in [0.29, 0.717) is 22.9 Å². The molecule has 0 radical (unpaired) electrons. The van der Waals surface area contributed by atoms with Crippen LogP contribution in [0, 0.1) is 0 Å². The maximum atomic E-state index is 12.0. The Morgan fingerprint density at radius 3 is 2.50 bits per heavy atom. The van der Waals surface area contributed by atoms with Gasteiger partial charge in [-0.05, 0) is 48.1 Å². The first-order valence-corrected chi connectivity index (χ1v) is 7.35. The molecule has 0 heterocycles. The summed E-state index contributed by atoms with van der Waals surface area (Å²) >= 11 is 11.2. The van der Waals surface area contributed by atoms with Crippen LogP contribution in [0.25, 0.3) is 0 Å². The molecule has 1 amide bonds. The van der Waals surface area contributed by atoms with Crippen molar-refractivity contribution in [3.63, 3.8) is 0 Å². The van der Waals surface area contributed by atoms with Crippen LogP contribution in [0.15, 0.2) is 48.5 Å². The van der Waals surface area contributed by atoms with E-state index < -0.39 is 0 Å². The van der Waals surface area contributed by atoms with E-state index in [9.17, 15) is 4.79 Å². The summed E-state index contributed by atoms with van der Waals surface area (Å²) in [7, 11) is 1.57. The fourth-order valence-electron chi connectivity index (χ4n) is 1.78. The van der Waals surface area contributed by atoms with Crippen molar-refractivity contribution in [1.82, 2.24) is 10.6 Å². The van der Waals surface area contributed by atoms with E-state index in [0.717, 1.165) is 5.56 Å². The number of carbonyl (C=O) groups is 1. The number of hydrogen-bond acceptors (Lipinski definition) is 3. The van der Waals surface area contributed by atoms with Crippen molar-refractivity contribution in [3.8, 4) is 5.75 Å². The summed E-state index contributed by atoms with van der Waals surface area (Å²) in [5, 5.41) is 6.48. The van der Waals surface area contributed by atoms with Crippen LogP contribution in [-0.2, 0) is 6.54 Å². The van der Waals surface area contributed by atoms with Crippen molar-refractivity contribution in [3.05, 3.63) is 64.7 Å². The molecule has 0 aliphatic heterocycles. The van der Waals surface area contributed by atoms with Gasteiger partial charge in [0.1, 0.15) is 5.75 Å². The highest BCUT2D eigenvalue weighted by atomic mass is 35.5. The molecular formula is C16H15ClN2O2S. The Morgan fingerprint density at radius 1 is 1.18 bits per heavy atom. The minimum Gasteiger partial charge on any atom is -0.497 e. The summed E-state index contributed by atoms with van der Waals surface area (Å²) < 4.78 is 5.05. The van der Waals surface area contributed by atoms with E-state index in [-0.39, 0.29) is 11.0 Å². The average Bonchev–Trinajstić information content (AvgIpc) is 2.54. The van der Waals surface area contributed by atoms with Gasteiger partial charge in [-0.1, -0.05) is 29.8 Å². The molecule has 0 atom stereocenters. The smallest absolute Gasteiger partial charge is 0.257 e. The third-order valence-corrected chi connectivity index (χ3v) is 3.59. The molecule has 6 heteroatoms. The quantitative estimate of drug-likeness (QED) is 0.843. The molecule has 114 valence electrons. The van der Waals surface area contributed by atoms with Crippen LogP contribution >= 0.6 is 23.8 Å². The Hall–Kier alpha value is -2.11. The zero-order valence-corrected chi connectivity index (χ0v) is 13.5. The first-order valence-electron chi connectivity index (χ1n) is 6.57. The van der Waals surface area contributed by atoms with Crippen LogP contribution in [0.2, 0.25) is 5.02 Å². The molecule has 2 aromatic carbocycles. The number of hydrogen-bond donors (Lipinski definition) is 2. The summed E-state index contributed by atoms with van der Waals surface area (Å²) in [6, 6.07) is 14.2. The molecule has 0 saturated carbocycles. The number of benzene rings is 2. The summed E-state index contributed by atoms with van der Waals surface area (Å²) in [4.78, 5) is 12.0. The van der Waals surface area contributed by atoms with Gasteiger partial charge in [-0.25, -0.2) is 0 Å². The van der Waals surface area contributed by atoms with Crippen molar-refractivity contribution < 1.29 is 9.53 Å². The maximum Gasteiger partial charge on any atom is 0.257 e. The number of thiocarbonyl (C=S) groups is 1. The lowest BCUT2D eigenvalue weighted by Crippen LogP contribution is -2.38. The van der Waals surface area contributed by atoms with Gasteiger partial charge in [0.2, 0.25) is 0 Å². The second kappa shape index (κ2) is 7.77. The number of nitrogens with one attached hydrogen (secondary N) is 2. The van der Waals surface area contributed by atoms with E-state index >= 15 is 0 Å². The van der Waals surface area contributed by atoms with E-state index in [4.69, 9.17) is 28.6 Å². The highest BCUT2D eigenvalue weighted by molar-refractivity contribution is 7.80. The van der Waals surface area contributed by atoms with E-state index in [2.05, 4.69) is 10.6 Å². The number of amides is 1. The second-order valence-electron chi connectivity index (χ2n) is 4.46. The molecule has 0 aromatic heterocycles. The molecule has 4 nitrogen and oxygen atoms in total. The predicted octanol–water partition coefficient (Wildman–Crippen LogP) is 3.15. The van der Waals surface area contributed by atoms with E-state index in [1.54, 1.807) is 37.4 Å². The molecule has 0 fully saturated rings. The van der Waals surface area contributed by atoms with Crippen LogP contribution in [-0.4, -0.2) is 18.1 Å². The molecule has 22 heavy (non-hydrogen) atoms. The Bertz CT molecular complexity index is 674. The number of ether oxygens (including phenoxy) is 1. The standard InChI is InChI=1S/C16H15ClN2O2S/c1-21-13-8-6-11(7-9-13)15(20)19-16(22)18-10-12-4-2-3-5-14(12)17/h2-9H,10H2,1H3,(H2,18,19,20,22). The van der Waals surface area contributed by atoms with Crippen molar-refractivity contribution >= 4 is 34.8 Å². The third-order valence-electron chi connectivity index (χ3n) is 2.98. The fraction of sp³-hybridized carbons (Fsp3) is 0.125. The van der Waals surface area contributed by atoms with Gasteiger partial charge in [0.25, 0.3) is 5.91 Å². The second-order valence-corrected chi connectivity index (χ2v) is 5.27. The largest absolute Gasteiger partial charge is 0.497 e. The summed E-state index contributed by atoms with van der Waals surface area (Å²) in [5.74, 6) is 0.412. The number of halogens is 1. The van der Waals surface area contributed by atoms with Gasteiger partial charge in [0.15, 0.2) is 5.11 Å². The average molecular weight is 335 g/mol. The first kappa shape index (κ1) is 16.3. The maximum absolute atomic E-state index is 12.0.